The van der Waals surface area contributed by atoms with Gasteiger partial charge in [-0.1, -0.05) is 6.58 Å². The van der Waals surface area contributed by atoms with Crippen LogP contribution in [0.3, 0.4) is 0 Å². The zero-order valence-electron chi connectivity index (χ0n) is 13.7. The number of hydrogen-bond donors (Lipinski definition) is 1. The second-order valence-electron chi connectivity index (χ2n) is 5.52. The third-order valence-electron chi connectivity index (χ3n) is 3.83. The molecule has 0 saturated heterocycles. The van der Waals surface area contributed by atoms with Gasteiger partial charge >= 0.3 is 0 Å². The van der Waals surface area contributed by atoms with Gasteiger partial charge in [-0.25, -0.2) is 9.97 Å². The van der Waals surface area contributed by atoms with Gasteiger partial charge in [-0.2, -0.15) is 0 Å². The summed E-state index contributed by atoms with van der Waals surface area (Å²) in [5.41, 5.74) is 3.85. The normalized spacial score (nSPS) is 10.6. The molecule has 0 spiro atoms. The van der Waals surface area contributed by atoms with E-state index in [2.05, 4.69) is 31.8 Å². The van der Waals surface area contributed by atoms with Crippen LogP contribution in [-0.4, -0.2) is 30.4 Å². The highest BCUT2D eigenvalue weighted by atomic mass is 16.1. The van der Waals surface area contributed by atoms with Crippen molar-refractivity contribution in [2.24, 2.45) is 0 Å². The maximum absolute atomic E-state index is 11.5. The average Bonchev–Trinajstić information content (AvgIpc) is 3.12. The number of anilines is 1. The lowest BCUT2D eigenvalue weighted by Crippen LogP contribution is -2.07. The predicted molar refractivity (Wildman–Crippen MR) is 98.7 cm³/mol. The van der Waals surface area contributed by atoms with E-state index < -0.39 is 0 Å². The summed E-state index contributed by atoms with van der Waals surface area (Å²) in [5, 5.41) is 2.75. The Morgan fingerprint density at radius 2 is 2.08 bits per heavy atom. The van der Waals surface area contributed by atoms with E-state index in [1.165, 1.54) is 6.08 Å². The Hall–Kier alpha value is -3.87. The first kappa shape index (κ1) is 15.6. The zero-order valence-corrected chi connectivity index (χ0v) is 13.7. The molecule has 7 nitrogen and oxygen atoms in total. The Kier molecular flexibility index (Phi) is 3.95. The maximum Gasteiger partial charge on any atom is 0.247 e. The summed E-state index contributed by atoms with van der Waals surface area (Å²) in [4.78, 5) is 29.0. The molecular formula is C19H14N6O. The summed E-state index contributed by atoms with van der Waals surface area (Å²) in [6.45, 7) is 3.46. The summed E-state index contributed by atoms with van der Waals surface area (Å²) in [6, 6.07) is 9.24. The van der Waals surface area contributed by atoms with E-state index in [4.69, 9.17) is 0 Å². The van der Waals surface area contributed by atoms with E-state index in [1.807, 2.05) is 28.8 Å². The van der Waals surface area contributed by atoms with Crippen molar-refractivity contribution >= 4 is 22.6 Å². The summed E-state index contributed by atoms with van der Waals surface area (Å²) < 4.78 is 1.83. The first-order valence-electron chi connectivity index (χ1n) is 7.88. The zero-order chi connectivity index (χ0) is 17.9. The largest absolute Gasteiger partial charge is 0.322 e. The van der Waals surface area contributed by atoms with Gasteiger partial charge in [-0.3, -0.25) is 19.3 Å². The SMILES string of the molecule is C=CC(=O)Nc1ccc2ncn(-c3cncc(-c4cccnc4)n3)c2c1. The van der Waals surface area contributed by atoms with Crippen molar-refractivity contribution in [3.8, 4) is 17.1 Å². The fourth-order valence-corrected chi connectivity index (χ4v) is 2.59. The summed E-state index contributed by atoms with van der Waals surface area (Å²) >= 11 is 0. The van der Waals surface area contributed by atoms with Gasteiger partial charge in [0.2, 0.25) is 5.91 Å². The number of fused-ring (bicyclic) bond motifs is 1. The van der Waals surface area contributed by atoms with E-state index >= 15 is 0 Å². The second-order valence-corrected chi connectivity index (χ2v) is 5.52. The summed E-state index contributed by atoms with van der Waals surface area (Å²) in [5.74, 6) is 0.356. The molecule has 4 aromatic rings. The van der Waals surface area contributed by atoms with Crippen LogP contribution >= 0.6 is 0 Å². The molecule has 3 aromatic heterocycles. The third-order valence-corrected chi connectivity index (χ3v) is 3.83. The molecule has 1 aromatic carbocycles. The van der Waals surface area contributed by atoms with Crippen molar-refractivity contribution in [1.29, 1.82) is 0 Å². The topological polar surface area (TPSA) is 85.6 Å². The van der Waals surface area contributed by atoms with Crippen molar-refractivity contribution < 1.29 is 4.79 Å². The quantitative estimate of drug-likeness (QED) is 0.576. The molecule has 0 radical (unpaired) electrons. The molecule has 4 rings (SSSR count). The van der Waals surface area contributed by atoms with Gasteiger partial charge in [0.1, 0.15) is 6.33 Å². The molecule has 0 aliphatic rings. The lowest BCUT2D eigenvalue weighted by atomic mass is 10.2. The summed E-state index contributed by atoms with van der Waals surface area (Å²) in [7, 11) is 0. The Labute approximate surface area is 149 Å². The molecule has 0 saturated carbocycles. The van der Waals surface area contributed by atoms with Gasteiger partial charge in [0.25, 0.3) is 0 Å². The minimum absolute atomic E-state index is 0.270. The number of benzene rings is 1. The highest BCUT2D eigenvalue weighted by molar-refractivity contribution is 6.00. The average molecular weight is 342 g/mol. The molecular weight excluding hydrogens is 328 g/mol. The lowest BCUT2D eigenvalue weighted by molar-refractivity contribution is -0.111. The van der Waals surface area contributed by atoms with Crippen LogP contribution < -0.4 is 5.32 Å². The number of amides is 1. The molecule has 0 aliphatic carbocycles. The number of aromatic nitrogens is 5. The standard InChI is InChI=1S/C19H14N6O/c1-2-19(26)23-14-5-6-15-17(8-14)25(12-22-15)18-11-21-10-16(24-18)13-4-3-7-20-9-13/h2-12H,1H2,(H,23,26). The Morgan fingerprint density at radius 3 is 2.88 bits per heavy atom. The van der Waals surface area contributed by atoms with E-state index in [1.54, 1.807) is 37.2 Å². The van der Waals surface area contributed by atoms with Crippen LogP contribution in [0.1, 0.15) is 0 Å². The van der Waals surface area contributed by atoms with Crippen LogP contribution in [0.15, 0.2) is 74.1 Å². The highest BCUT2D eigenvalue weighted by Gasteiger charge is 2.09. The molecule has 0 bridgehead atoms. The number of rotatable bonds is 4. The first-order chi connectivity index (χ1) is 12.7. The van der Waals surface area contributed by atoms with Crippen molar-refractivity contribution in [2.45, 2.75) is 0 Å². The molecule has 0 unspecified atom stereocenters. The van der Waals surface area contributed by atoms with Crippen molar-refractivity contribution in [2.75, 3.05) is 5.32 Å². The van der Waals surface area contributed by atoms with Crippen LogP contribution in [0.25, 0.3) is 28.1 Å². The van der Waals surface area contributed by atoms with Crippen molar-refractivity contribution in [3.63, 3.8) is 0 Å². The summed E-state index contributed by atoms with van der Waals surface area (Å²) in [6.07, 6.45) is 9.71. The molecule has 1 N–H and O–H groups in total. The Bertz CT molecular complexity index is 1100. The second kappa shape index (κ2) is 6.56. The highest BCUT2D eigenvalue weighted by Crippen LogP contribution is 2.22. The lowest BCUT2D eigenvalue weighted by Gasteiger charge is -2.07. The van der Waals surface area contributed by atoms with Gasteiger partial charge in [0.15, 0.2) is 5.82 Å². The third kappa shape index (κ3) is 2.93. The molecule has 3 heterocycles. The molecule has 1 amide bonds. The molecule has 126 valence electrons. The smallest absolute Gasteiger partial charge is 0.247 e. The van der Waals surface area contributed by atoms with E-state index in [-0.39, 0.29) is 5.91 Å². The van der Waals surface area contributed by atoms with Gasteiger partial charge in [-0.05, 0) is 36.4 Å². The first-order valence-corrected chi connectivity index (χ1v) is 7.88. The molecule has 26 heavy (non-hydrogen) atoms. The van der Waals surface area contributed by atoms with E-state index in [9.17, 15) is 4.79 Å². The predicted octanol–water partition coefficient (Wildman–Crippen LogP) is 3.00. The number of carbonyl (C=O) groups is 1. The number of imidazole rings is 1. The van der Waals surface area contributed by atoms with Crippen molar-refractivity contribution in [3.05, 3.63) is 74.1 Å². The van der Waals surface area contributed by atoms with E-state index in [0.29, 0.717) is 17.2 Å². The minimum Gasteiger partial charge on any atom is -0.322 e. The van der Waals surface area contributed by atoms with Gasteiger partial charge in [0.05, 0.1) is 29.1 Å². The Morgan fingerprint density at radius 1 is 1.15 bits per heavy atom. The number of nitrogens with zero attached hydrogens (tertiary/aromatic N) is 5. The number of carbonyl (C=O) groups excluding carboxylic acids is 1. The van der Waals surface area contributed by atoms with Crippen molar-refractivity contribution in [1.82, 2.24) is 24.5 Å². The number of pyridine rings is 1. The molecule has 0 fully saturated rings. The number of nitrogens with one attached hydrogen (secondary N) is 1. The monoisotopic (exact) mass is 342 g/mol. The van der Waals surface area contributed by atoms with E-state index in [0.717, 1.165) is 16.6 Å². The number of hydrogen-bond acceptors (Lipinski definition) is 5. The molecule has 7 heteroatoms. The molecule has 0 atom stereocenters. The molecule has 0 aliphatic heterocycles. The van der Waals surface area contributed by atoms with Gasteiger partial charge in [-0.15, -0.1) is 0 Å². The van der Waals surface area contributed by atoms with Crippen LogP contribution in [0.5, 0.6) is 0 Å². The van der Waals surface area contributed by atoms with Crippen LogP contribution in [0, 0.1) is 0 Å². The van der Waals surface area contributed by atoms with Gasteiger partial charge < -0.3 is 5.32 Å². The van der Waals surface area contributed by atoms with Crippen LogP contribution in [0.2, 0.25) is 0 Å². The van der Waals surface area contributed by atoms with Crippen LogP contribution in [-0.2, 0) is 4.79 Å². The minimum atomic E-state index is -0.270. The fraction of sp³-hybridized carbons (Fsp3) is 0. The Balaban J connectivity index is 1.78. The van der Waals surface area contributed by atoms with Crippen LogP contribution in [0.4, 0.5) is 5.69 Å². The fourth-order valence-electron chi connectivity index (χ4n) is 2.59. The van der Waals surface area contributed by atoms with Gasteiger partial charge in [0, 0.05) is 23.6 Å². The maximum atomic E-state index is 11.5.